The maximum atomic E-state index is 11.3. The highest BCUT2D eigenvalue weighted by Crippen LogP contribution is 2.33. The number of benzene rings is 1. The summed E-state index contributed by atoms with van der Waals surface area (Å²) in [5.41, 5.74) is 2.38. The average molecular weight is 304 g/mol. The SMILES string of the molecule is C[C@@H]1CC[C@@H](C(=O)O)N[C@H]1c1cccc(N2CCOCC2)c1. The number of piperidine rings is 1. The molecule has 3 rings (SSSR count). The van der Waals surface area contributed by atoms with Crippen LogP contribution in [0.5, 0.6) is 0 Å². The summed E-state index contributed by atoms with van der Waals surface area (Å²) in [4.78, 5) is 13.6. The fourth-order valence-electron chi connectivity index (χ4n) is 3.42. The van der Waals surface area contributed by atoms with Gasteiger partial charge in [-0.2, -0.15) is 0 Å². The van der Waals surface area contributed by atoms with Gasteiger partial charge < -0.3 is 14.7 Å². The summed E-state index contributed by atoms with van der Waals surface area (Å²) in [5.74, 6) is -0.309. The van der Waals surface area contributed by atoms with Gasteiger partial charge in [0.15, 0.2) is 0 Å². The van der Waals surface area contributed by atoms with Crippen molar-refractivity contribution >= 4 is 11.7 Å². The van der Waals surface area contributed by atoms with Crippen LogP contribution >= 0.6 is 0 Å². The van der Waals surface area contributed by atoms with Gasteiger partial charge in [-0.3, -0.25) is 10.1 Å². The highest BCUT2D eigenvalue weighted by molar-refractivity contribution is 5.73. The lowest BCUT2D eigenvalue weighted by molar-refractivity contribution is -0.140. The van der Waals surface area contributed by atoms with Gasteiger partial charge in [-0.25, -0.2) is 0 Å². The van der Waals surface area contributed by atoms with E-state index in [9.17, 15) is 9.90 Å². The van der Waals surface area contributed by atoms with Crippen LogP contribution in [0.1, 0.15) is 31.4 Å². The molecular weight excluding hydrogens is 280 g/mol. The average Bonchev–Trinajstić information content (AvgIpc) is 2.56. The molecule has 2 heterocycles. The minimum atomic E-state index is -0.749. The number of carbonyl (C=O) groups is 1. The quantitative estimate of drug-likeness (QED) is 0.895. The van der Waals surface area contributed by atoms with Crippen LogP contribution in [0.25, 0.3) is 0 Å². The van der Waals surface area contributed by atoms with Crippen molar-refractivity contribution in [1.82, 2.24) is 5.32 Å². The molecule has 2 fully saturated rings. The van der Waals surface area contributed by atoms with Gasteiger partial charge in [0.25, 0.3) is 0 Å². The van der Waals surface area contributed by atoms with Crippen LogP contribution in [0.3, 0.4) is 0 Å². The van der Waals surface area contributed by atoms with E-state index >= 15 is 0 Å². The Kier molecular flexibility index (Phi) is 4.64. The Labute approximate surface area is 131 Å². The number of carboxylic acids is 1. The smallest absolute Gasteiger partial charge is 0.320 e. The third-order valence-corrected chi connectivity index (χ3v) is 4.76. The first-order chi connectivity index (χ1) is 10.6. The third-order valence-electron chi connectivity index (χ3n) is 4.76. The molecule has 0 amide bonds. The van der Waals surface area contributed by atoms with Crippen LogP contribution in [0.2, 0.25) is 0 Å². The van der Waals surface area contributed by atoms with Crippen molar-refractivity contribution in [3.63, 3.8) is 0 Å². The minimum absolute atomic E-state index is 0.107. The summed E-state index contributed by atoms with van der Waals surface area (Å²) >= 11 is 0. The number of anilines is 1. The highest BCUT2D eigenvalue weighted by Gasteiger charge is 2.31. The molecular formula is C17H24N2O3. The first-order valence-electron chi connectivity index (χ1n) is 8.06. The molecule has 0 bridgehead atoms. The van der Waals surface area contributed by atoms with Crippen molar-refractivity contribution in [2.24, 2.45) is 5.92 Å². The molecule has 0 unspecified atom stereocenters. The summed E-state index contributed by atoms with van der Waals surface area (Å²) in [6.07, 6.45) is 1.65. The normalized spacial score (nSPS) is 29.3. The number of ether oxygens (including phenoxy) is 1. The Morgan fingerprint density at radius 2 is 2.09 bits per heavy atom. The number of carboxylic acid groups (broad SMARTS) is 1. The van der Waals surface area contributed by atoms with Crippen LogP contribution < -0.4 is 10.2 Å². The van der Waals surface area contributed by atoms with Crippen molar-refractivity contribution < 1.29 is 14.6 Å². The fraction of sp³-hybridized carbons (Fsp3) is 0.588. The number of nitrogens with zero attached hydrogens (tertiary/aromatic N) is 1. The van der Waals surface area contributed by atoms with Gasteiger partial charge in [-0.05, 0) is 36.5 Å². The molecule has 2 saturated heterocycles. The molecule has 22 heavy (non-hydrogen) atoms. The van der Waals surface area contributed by atoms with Crippen LogP contribution in [0.15, 0.2) is 24.3 Å². The van der Waals surface area contributed by atoms with Gasteiger partial charge in [-0.15, -0.1) is 0 Å². The largest absolute Gasteiger partial charge is 0.480 e. The highest BCUT2D eigenvalue weighted by atomic mass is 16.5. The summed E-state index contributed by atoms with van der Waals surface area (Å²) in [5, 5.41) is 12.6. The topological polar surface area (TPSA) is 61.8 Å². The van der Waals surface area contributed by atoms with Crippen LogP contribution in [-0.2, 0) is 9.53 Å². The molecule has 1 aromatic rings. The lowest BCUT2D eigenvalue weighted by Crippen LogP contribution is -2.45. The van der Waals surface area contributed by atoms with Crippen molar-refractivity contribution in [3.8, 4) is 0 Å². The Balaban J connectivity index is 1.79. The van der Waals surface area contributed by atoms with Gasteiger partial charge >= 0.3 is 5.97 Å². The molecule has 3 atom stereocenters. The second-order valence-corrected chi connectivity index (χ2v) is 6.28. The second kappa shape index (κ2) is 6.67. The molecule has 0 saturated carbocycles. The van der Waals surface area contributed by atoms with Crippen molar-refractivity contribution in [2.45, 2.75) is 31.8 Å². The number of nitrogens with one attached hydrogen (secondary N) is 1. The predicted octanol–water partition coefficient (Wildman–Crippen LogP) is 2.04. The Bertz CT molecular complexity index is 528. The van der Waals surface area contributed by atoms with Gasteiger partial charge in [0.2, 0.25) is 0 Å². The molecule has 5 nitrogen and oxygen atoms in total. The van der Waals surface area contributed by atoms with E-state index in [-0.39, 0.29) is 6.04 Å². The van der Waals surface area contributed by atoms with Gasteiger partial charge in [0.1, 0.15) is 6.04 Å². The molecule has 0 radical (unpaired) electrons. The Morgan fingerprint density at radius 3 is 2.82 bits per heavy atom. The zero-order valence-electron chi connectivity index (χ0n) is 13.0. The van der Waals surface area contributed by atoms with E-state index in [1.807, 2.05) is 0 Å². The van der Waals surface area contributed by atoms with Crippen LogP contribution in [0.4, 0.5) is 5.69 Å². The maximum Gasteiger partial charge on any atom is 0.320 e. The van der Waals surface area contributed by atoms with E-state index in [0.717, 1.165) is 32.7 Å². The molecule has 2 aliphatic heterocycles. The molecule has 2 aliphatic rings. The van der Waals surface area contributed by atoms with Gasteiger partial charge in [0.05, 0.1) is 13.2 Å². The maximum absolute atomic E-state index is 11.3. The standard InChI is InChI=1S/C17H24N2O3/c1-12-5-6-15(17(20)21)18-16(12)13-3-2-4-14(11-13)19-7-9-22-10-8-19/h2-4,11-12,15-16,18H,5-10H2,1H3,(H,20,21)/t12-,15+,16-/m1/s1. The van der Waals surface area contributed by atoms with Crippen LogP contribution in [-0.4, -0.2) is 43.4 Å². The lowest BCUT2D eigenvalue weighted by atomic mass is 9.84. The van der Waals surface area contributed by atoms with E-state index in [1.54, 1.807) is 0 Å². The third kappa shape index (κ3) is 3.25. The predicted molar refractivity (Wildman–Crippen MR) is 85.2 cm³/mol. The van der Waals surface area contributed by atoms with E-state index in [4.69, 9.17) is 4.74 Å². The van der Waals surface area contributed by atoms with E-state index < -0.39 is 12.0 Å². The summed E-state index contributed by atoms with van der Waals surface area (Å²) in [6, 6.07) is 8.16. The lowest BCUT2D eigenvalue weighted by Gasteiger charge is -2.35. The Hall–Kier alpha value is -1.59. The number of aliphatic carboxylic acids is 1. The Morgan fingerprint density at radius 1 is 1.32 bits per heavy atom. The van der Waals surface area contributed by atoms with Crippen molar-refractivity contribution in [3.05, 3.63) is 29.8 Å². The number of hydrogen-bond acceptors (Lipinski definition) is 4. The van der Waals surface area contributed by atoms with E-state index in [1.165, 1.54) is 11.3 Å². The molecule has 0 aromatic heterocycles. The zero-order chi connectivity index (χ0) is 15.5. The second-order valence-electron chi connectivity index (χ2n) is 6.28. The molecule has 120 valence electrons. The van der Waals surface area contributed by atoms with Crippen molar-refractivity contribution in [1.29, 1.82) is 0 Å². The minimum Gasteiger partial charge on any atom is -0.480 e. The summed E-state index contributed by atoms with van der Waals surface area (Å²) in [7, 11) is 0. The van der Waals surface area contributed by atoms with E-state index in [0.29, 0.717) is 12.3 Å². The van der Waals surface area contributed by atoms with Crippen molar-refractivity contribution in [2.75, 3.05) is 31.2 Å². The molecule has 0 spiro atoms. The fourth-order valence-corrected chi connectivity index (χ4v) is 3.42. The number of morpholine rings is 1. The van der Waals surface area contributed by atoms with Gasteiger partial charge in [-0.1, -0.05) is 19.1 Å². The first kappa shape index (κ1) is 15.3. The summed E-state index contributed by atoms with van der Waals surface area (Å²) < 4.78 is 5.41. The summed E-state index contributed by atoms with van der Waals surface area (Å²) in [6.45, 7) is 5.55. The number of hydrogen-bond donors (Lipinski definition) is 2. The molecule has 0 aliphatic carbocycles. The monoisotopic (exact) mass is 304 g/mol. The number of rotatable bonds is 3. The molecule has 1 aromatic carbocycles. The van der Waals surface area contributed by atoms with E-state index in [2.05, 4.69) is 41.4 Å². The molecule has 5 heteroatoms. The zero-order valence-corrected chi connectivity index (χ0v) is 13.0. The first-order valence-corrected chi connectivity index (χ1v) is 8.06. The van der Waals surface area contributed by atoms with Gasteiger partial charge in [0, 0.05) is 24.8 Å². The molecule has 2 N–H and O–H groups in total. The van der Waals surface area contributed by atoms with Crippen LogP contribution in [0, 0.1) is 5.92 Å².